The summed E-state index contributed by atoms with van der Waals surface area (Å²) in [4.78, 5) is 25.5. The molecule has 0 saturated carbocycles. The third-order valence-electron chi connectivity index (χ3n) is 4.68. The van der Waals surface area contributed by atoms with Crippen LogP contribution in [-0.4, -0.2) is 41.0 Å². The number of carboxylic acid groups (broad SMARTS) is 1. The summed E-state index contributed by atoms with van der Waals surface area (Å²) in [6, 6.07) is -0.0219. The highest BCUT2D eigenvalue weighted by Crippen LogP contribution is 2.32. The topological polar surface area (TPSA) is 83.6 Å². The maximum absolute atomic E-state index is 12.7. The molecule has 1 heterocycles. The van der Waals surface area contributed by atoms with Crippen molar-refractivity contribution in [3.63, 3.8) is 0 Å². The van der Waals surface area contributed by atoms with Gasteiger partial charge < -0.3 is 15.7 Å². The highest BCUT2D eigenvalue weighted by atomic mass is 16.4. The number of hydrogen-bond acceptors (Lipinski definition) is 3. The first-order valence-corrected chi connectivity index (χ1v) is 7.15. The van der Waals surface area contributed by atoms with E-state index >= 15 is 0 Å². The van der Waals surface area contributed by atoms with Gasteiger partial charge in [-0.2, -0.15) is 0 Å². The quantitative estimate of drug-likeness (QED) is 0.792. The Morgan fingerprint density at radius 3 is 2.32 bits per heavy atom. The lowest BCUT2D eigenvalue weighted by atomic mass is 9.79. The molecule has 1 rings (SSSR count). The number of piperidine rings is 1. The maximum Gasteiger partial charge on any atom is 0.306 e. The van der Waals surface area contributed by atoms with Crippen LogP contribution in [0.2, 0.25) is 0 Å². The van der Waals surface area contributed by atoms with E-state index in [1.807, 2.05) is 25.7 Å². The van der Waals surface area contributed by atoms with Gasteiger partial charge in [0.1, 0.15) is 0 Å². The van der Waals surface area contributed by atoms with Gasteiger partial charge in [0.2, 0.25) is 5.91 Å². The Bertz CT molecular complexity index is 331. The maximum atomic E-state index is 12.7. The molecule has 0 radical (unpaired) electrons. The first kappa shape index (κ1) is 16.0. The van der Waals surface area contributed by atoms with E-state index in [9.17, 15) is 9.59 Å². The average Bonchev–Trinajstić information content (AvgIpc) is 2.41. The van der Waals surface area contributed by atoms with Crippen molar-refractivity contribution in [3.05, 3.63) is 0 Å². The number of aliphatic carboxylic acids is 1. The molecular formula is C14H26N2O3. The van der Waals surface area contributed by atoms with E-state index in [0.29, 0.717) is 25.9 Å². The summed E-state index contributed by atoms with van der Waals surface area (Å²) in [5, 5.41) is 9.06. The number of hydrogen-bond donors (Lipinski definition) is 2. The molecule has 3 N–H and O–H groups in total. The van der Waals surface area contributed by atoms with Gasteiger partial charge in [0.15, 0.2) is 0 Å². The number of carbonyl (C=O) groups excluding carboxylic acids is 1. The molecule has 19 heavy (non-hydrogen) atoms. The SMILES string of the molecule is CCC(CC)(CN)C(=O)N1CCC(C(=O)O)CC1C. The van der Waals surface area contributed by atoms with Crippen LogP contribution >= 0.6 is 0 Å². The number of likely N-dealkylation sites (tertiary alicyclic amines) is 1. The lowest BCUT2D eigenvalue weighted by molar-refractivity contribution is -0.152. The number of carbonyl (C=O) groups is 2. The molecule has 0 aromatic rings. The predicted molar refractivity (Wildman–Crippen MR) is 73.6 cm³/mol. The Morgan fingerprint density at radius 1 is 1.37 bits per heavy atom. The Morgan fingerprint density at radius 2 is 1.95 bits per heavy atom. The number of rotatable bonds is 5. The molecule has 5 nitrogen and oxygen atoms in total. The molecule has 2 unspecified atom stereocenters. The first-order chi connectivity index (χ1) is 8.91. The van der Waals surface area contributed by atoms with Gasteiger partial charge in [0.25, 0.3) is 0 Å². The fraction of sp³-hybridized carbons (Fsp3) is 0.857. The summed E-state index contributed by atoms with van der Waals surface area (Å²) in [7, 11) is 0. The van der Waals surface area contributed by atoms with Crippen molar-refractivity contribution in [1.82, 2.24) is 4.90 Å². The molecule has 1 aliphatic rings. The summed E-state index contributed by atoms with van der Waals surface area (Å²) in [6.45, 7) is 6.79. The third-order valence-corrected chi connectivity index (χ3v) is 4.68. The molecule has 1 saturated heterocycles. The summed E-state index contributed by atoms with van der Waals surface area (Å²) in [6.07, 6.45) is 2.53. The van der Waals surface area contributed by atoms with Crippen molar-refractivity contribution >= 4 is 11.9 Å². The van der Waals surface area contributed by atoms with E-state index in [1.165, 1.54) is 0 Å². The van der Waals surface area contributed by atoms with Crippen LogP contribution in [0.4, 0.5) is 0 Å². The number of carboxylic acids is 1. The van der Waals surface area contributed by atoms with Crippen LogP contribution in [0.15, 0.2) is 0 Å². The van der Waals surface area contributed by atoms with Crippen LogP contribution in [0.3, 0.4) is 0 Å². The zero-order valence-corrected chi connectivity index (χ0v) is 12.2. The molecule has 110 valence electrons. The van der Waals surface area contributed by atoms with Gasteiger partial charge in [0.05, 0.1) is 11.3 Å². The van der Waals surface area contributed by atoms with Gasteiger partial charge in [0, 0.05) is 19.1 Å². The average molecular weight is 270 g/mol. The third kappa shape index (κ3) is 3.08. The molecule has 2 atom stereocenters. The van der Waals surface area contributed by atoms with Crippen molar-refractivity contribution in [3.8, 4) is 0 Å². The molecule has 0 aromatic heterocycles. The molecule has 1 fully saturated rings. The van der Waals surface area contributed by atoms with E-state index in [2.05, 4.69) is 0 Å². The normalized spacial score (nSPS) is 24.3. The van der Waals surface area contributed by atoms with Gasteiger partial charge >= 0.3 is 5.97 Å². The minimum Gasteiger partial charge on any atom is -0.481 e. The Kier molecular flexibility index (Phi) is 5.35. The molecular weight excluding hydrogens is 244 g/mol. The van der Waals surface area contributed by atoms with Gasteiger partial charge in [-0.15, -0.1) is 0 Å². The summed E-state index contributed by atoms with van der Waals surface area (Å²) < 4.78 is 0. The Labute approximate surface area is 115 Å². The predicted octanol–water partition coefficient (Wildman–Crippen LogP) is 1.46. The van der Waals surface area contributed by atoms with Crippen molar-refractivity contribution < 1.29 is 14.7 Å². The highest BCUT2D eigenvalue weighted by molar-refractivity contribution is 5.83. The van der Waals surface area contributed by atoms with Crippen LogP contribution < -0.4 is 5.73 Å². The first-order valence-electron chi connectivity index (χ1n) is 7.15. The van der Waals surface area contributed by atoms with E-state index < -0.39 is 11.4 Å². The second-order valence-electron chi connectivity index (χ2n) is 5.60. The summed E-state index contributed by atoms with van der Waals surface area (Å²) >= 11 is 0. The zero-order valence-electron chi connectivity index (χ0n) is 12.2. The van der Waals surface area contributed by atoms with E-state index in [1.54, 1.807) is 0 Å². The second-order valence-corrected chi connectivity index (χ2v) is 5.60. The van der Waals surface area contributed by atoms with Crippen LogP contribution in [-0.2, 0) is 9.59 Å². The molecule has 0 spiro atoms. The molecule has 1 amide bonds. The largest absolute Gasteiger partial charge is 0.481 e. The molecule has 0 bridgehead atoms. The van der Waals surface area contributed by atoms with Crippen molar-refractivity contribution in [1.29, 1.82) is 0 Å². The summed E-state index contributed by atoms with van der Waals surface area (Å²) in [5.74, 6) is -0.985. The Hall–Kier alpha value is -1.10. The fourth-order valence-electron chi connectivity index (χ4n) is 2.93. The van der Waals surface area contributed by atoms with Gasteiger partial charge in [-0.25, -0.2) is 0 Å². The minimum absolute atomic E-state index is 0.0219. The Balaban J connectivity index is 2.81. The lowest BCUT2D eigenvalue weighted by Gasteiger charge is -2.42. The monoisotopic (exact) mass is 270 g/mol. The van der Waals surface area contributed by atoms with E-state index in [0.717, 1.165) is 12.8 Å². The smallest absolute Gasteiger partial charge is 0.306 e. The van der Waals surface area contributed by atoms with Crippen LogP contribution in [0.1, 0.15) is 46.5 Å². The van der Waals surface area contributed by atoms with Gasteiger partial charge in [-0.1, -0.05) is 13.8 Å². The van der Waals surface area contributed by atoms with Crippen LogP contribution in [0, 0.1) is 11.3 Å². The van der Waals surface area contributed by atoms with Crippen molar-refractivity contribution in [2.75, 3.05) is 13.1 Å². The second kappa shape index (κ2) is 6.37. The number of nitrogens with two attached hydrogens (primary N) is 1. The molecule has 0 aliphatic carbocycles. The van der Waals surface area contributed by atoms with Crippen molar-refractivity contribution in [2.24, 2.45) is 17.1 Å². The summed E-state index contributed by atoms with van der Waals surface area (Å²) in [5.41, 5.74) is 5.33. The van der Waals surface area contributed by atoms with E-state index in [-0.39, 0.29) is 17.9 Å². The van der Waals surface area contributed by atoms with E-state index in [4.69, 9.17) is 10.8 Å². The molecule has 1 aliphatic heterocycles. The lowest BCUT2D eigenvalue weighted by Crippen LogP contribution is -2.53. The zero-order chi connectivity index (χ0) is 14.6. The van der Waals surface area contributed by atoms with Crippen LogP contribution in [0.25, 0.3) is 0 Å². The van der Waals surface area contributed by atoms with Crippen molar-refractivity contribution in [2.45, 2.75) is 52.5 Å². The van der Waals surface area contributed by atoms with Gasteiger partial charge in [-0.05, 0) is 32.6 Å². The minimum atomic E-state index is -0.755. The van der Waals surface area contributed by atoms with Gasteiger partial charge in [-0.3, -0.25) is 9.59 Å². The van der Waals surface area contributed by atoms with Crippen LogP contribution in [0.5, 0.6) is 0 Å². The fourth-order valence-corrected chi connectivity index (χ4v) is 2.93. The highest BCUT2D eigenvalue weighted by Gasteiger charge is 2.41. The number of nitrogens with zero attached hydrogens (tertiary/aromatic N) is 1. The molecule has 5 heteroatoms. The number of amides is 1. The molecule has 0 aromatic carbocycles. The standard InChI is InChI=1S/C14H26N2O3/c1-4-14(5-2,9-15)13(19)16-7-6-11(12(17)18)8-10(16)3/h10-11H,4-9,15H2,1-3H3,(H,17,18).